The minimum Gasteiger partial charge on any atom is -0.379 e. The van der Waals surface area contributed by atoms with E-state index >= 15 is 0 Å². The molecule has 1 amide bonds. The highest BCUT2D eigenvalue weighted by atomic mass is 32.2. The van der Waals surface area contributed by atoms with Crippen molar-refractivity contribution < 1.29 is 26.4 Å². The summed E-state index contributed by atoms with van der Waals surface area (Å²) in [6.07, 6.45) is 2.82. The molecule has 13 heteroatoms. The van der Waals surface area contributed by atoms with Crippen molar-refractivity contribution in [3.8, 4) is 0 Å². The van der Waals surface area contributed by atoms with Crippen LogP contribution in [0.4, 0.5) is 5.13 Å². The summed E-state index contributed by atoms with van der Waals surface area (Å²) >= 11 is 1.25. The van der Waals surface area contributed by atoms with Gasteiger partial charge in [-0.3, -0.25) is 14.6 Å². The van der Waals surface area contributed by atoms with Crippen molar-refractivity contribution >= 4 is 52.5 Å². The highest BCUT2D eigenvalue weighted by molar-refractivity contribution is 7.90. The first-order chi connectivity index (χ1) is 19.0. The number of sulfonamides is 1. The summed E-state index contributed by atoms with van der Waals surface area (Å²) in [4.78, 5) is 22.6. The molecule has 0 N–H and O–H groups in total. The van der Waals surface area contributed by atoms with Crippen molar-refractivity contribution in [3.05, 3.63) is 48.0 Å². The van der Waals surface area contributed by atoms with Crippen LogP contribution < -0.4 is 4.90 Å². The van der Waals surface area contributed by atoms with E-state index in [-0.39, 0.29) is 15.7 Å². The SMILES string of the molecule is CCCCN(CC)S(=O)(=O)c1ccc(C(=O)N(CCN2CCOCC2)c2nc3ccc(S(C)(=O)=O)cc3s2)cc1. The summed E-state index contributed by atoms with van der Waals surface area (Å²) in [5.41, 5.74) is 0.943. The average molecular weight is 609 g/mol. The number of hydrogen-bond acceptors (Lipinski definition) is 9. The Balaban J connectivity index is 1.63. The third-order valence-corrected chi connectivity index (χ3v) is 11.0. The number of carbonyl (C=O) groups excluding carboxylic acids is 1. The standard InChI is InChI=1S/C27H36N4O6S3/c1-4-6-13-30(5-2)40(35,36)22-9-7-21(8-10-22)26(32)31(15-14-29-16-18-37-19-17-29)27-28-24-12-11-23(39(3,33)34)20-25(24)38-27/h7-12,20H,4-6,13-19H2,1-3H3. The lowest BCUT2D eigenvalue weighted by molar-refractivity contribution is 0.0391. The first kappa shape index (κ1) is 30.5. The van der Waals surface area contributed by atoms with E-state index in [1.165, 1.54) is 33.8 Å². The minimum absolute atomic E-state index is 0.148. The van der Waals surface area contributed by atoms with E-state index in [0.29, 0.717) is 60.3 Å². The number of unbranched alkanes of at least 4 members (excludes halogenated alkanes) is 1. The zero-order valence-electron chi connectivity index (χ0n) is 23.1. The first-order valence-electron chi connectivity index (χ1n) is 13.4. The number of carbonyl (C=O) groups is 1. The first-order valence-corrected chi connectivity index (χ1v) is 17.5. The van der Waals surface area contributed by atoms with E-state index in [0.717, 1.165) is 32.2 Å². The van der Waals surface area contributed by atoms with Crippen LogP contribution in [0.5, 0.6) is 0 Å². The summed E-state index contributed by atoms with van der Waals surface area (Å²) in [5, 5.41) is 0.451. The second-order valence-electron chi connectivity index (χ2n) is 9.68. The Morgan fingerprint density at radius 2 is 1.68 bits per heavy atom. The number of ether oxygens (including phenoxy) is 1. The lowest BCUT2D eigenvalue weighted by atomic mass is 10.2. The Morgan fingerprint density at radius 1 is 1.00 bits per heavy atom. The van der Waals surface area contributed by atoms with Crippen molar-refractivity contribution in [3.63, 3.8) is 0 Å². The summed E-state index contributed by atoms with van der Waals surface area (Å²) < 4.78 is 58.0. The van der Waals surface area contributed by atoms with Gasteiger partial charge in [0.1, 0.15) is 0 Å². The van der Waals surface area contributed by atoms with E-state index in [9.17, 15) is 21.6 Å². The second-order valence-corrected chi connectivity index (χ2v) is 14.6. The second kappa shape index (κ2) is 13.0. The normalized spacial score (nSPS) is 15.1. The average Bonchev–Trinajstić information content (AvgIpc) is 3.37. The fourth-order valence-corrected chi connectivity index (χ4v) is 7.68. The Morgan fingerprint density at radius 3 is 2.30 bits per heavy atom. The Kier molecular flexibility index (Phi) is 9.96. The molecular weight excluding hydrogens is 573 g/mol. The van der Waals surface area contributed by atoms with Gasteiger partial charge in [-0.25, -0.2) is 21.8 Å². The predicted molar refractivity (Wildman–Crippen MR) is 157 cm³/mol. The molecule has 1 fully saturated rings. The number of hydrogen-bond donors (Lipinski definition) is 0. The van der Waals surface area contributed by atoms with Crippen LogP contribution in [0.25, 0.3) is 10.2 Å². The van der Waals surface area contributed by atoms with E-state index in [1.807, 2.05) is 13.8 Å². The van der Waals surface area contributed by atoms with Crippen molar-refractivity contribution in [1.82, 2.24) is 14.2 Å². The quantitative estimate of drug-likeness (QED) is 0.307. The molecule has 1 aliphatic heterocycles. The number of amides is 1. The summed E-state index contributed by atoms with van der Waals surface area (Å²) in [6.45, 7) is 8.40. The molecule has 1 aliphatic rings. The molecule has 4 rings (SSSR count). The molecule has 0 saturated carbocycles. The molecule has 10 nitrogen and oxygen atoms in total. The Bertz CT molecular complexity index is 1530. The molecular formula is C27H36N4O6S3. The van der Waals surface area contributed by atoms with Crippen LogP contribution in [0.3, 0.4) is 0 Å². The van der Waals surface area contributed by atoms with Gasteiger partial charge < -0.3 is 4.74 Å². The summed E-state index contributed by atoms with van der Waals surface area (Å²) in [6, 6.07) is 10.8. The third kappa shape index (κ3) is 7.07. The van der Waals surface area contributed by atoms with Crippen LogP contribution in [0.2, 0.25) is 0 Å². The van der Waals surface area contributed by atoms with Gasteiger partial charge in [0.2, 0.25) is 10.0 Å². The van der Waals surface area contributed by atoms with Gasteiger partial charge in [-0.2, -0.15) is 4.31 Å². The lowest BCUT2D eigenvalue weighted by Crippen LogP contribution is -2.43. The molecule has 40 heavy (non-hydrogen) atoms. The topological polar surface area (TPSA) is 117 Å². The lowest BCUT2D eigenvalue weighted by Gasteiger charge is -2.29. The third-order valence-electron chi connectivity index (χ3n) is 6.85. The Hall–Kier alpha value is -2.42. The molecule has 218 valence electrons. The van der Waals surface area contributed by atoms with E-state index in [4.69, 9.17) is 4.74 Å². The molecule has 0 spiro atoms. The molecule has 0 radical (unpaired) electrons. The monoisotopic (exact) mass is 608 g/mol. The number of anilines is 1. The molecule has 0 unspecified atom stereocenters. The maximum Gasteiger partial charge on any atom is 0.260 e. The van der Waals surface area contributed by atoms with Crippen LogP contribution in [-0.4, -0.2) is 95.7 Å². The fourth-order valence-electron chi connectivity index (χ4n) is 4.45. The predicted octanol–water partition coefficient (Wildman–Crippen LogP) is 3.49. The van der Waals surface area contributed by atoms with Gasteiger partial charge in [0.05, 0.1) is 33.2 Å². The summed E-state index contributed by atoms with van der Waals surface area (Å²) in [7, 11) is -7.06. The molecule has 1 saturated heterocycles. The van der Waals surface area contributed by atoms with Crippen molar-refractivity contribution in [2.45, 2.75) is 36.5 Å². The van der Waals surface area contributed by atoms with Gasteiger partial charge in [0.15, 0.2) is 15.0 Å². The van der Waals surface area contributed by atoms with Crippen LogP contribution >= 0.6 is 11.3 Å². The molecule has 2 heterocycles. The number of morpholine rings is 1. The molecule has 0 atom stereocenters. The van der Waals surface area contributed by atoms with Crippen LogP contribution in [0, 0.1) is 0 Å². The van der Waals surface area contributed by atoms with Crippen LogP contribution in [0.1, 0.15) is 37.0 Å². The van der Waals surface area contributed by atoms with Gasteiger partial charge in [-0.05, 0) is 48.9 Å². The van der Waals surface area contributed by atoms with Crippen molar-refractivity contribution in [2.75, 3.05) is 63.6 Å². The number of thiazole rings is 1. The maximum atomic E-state index is 13.8. The highest BCUT2D eigenvalue weighted by Gasteiger charge is 2.26. The van der Waals surface area contributed by atoms with Crippen molar-refractivity contribution in [1.29, 1.82) is 0 Å². The Labute approximate surface area is 240 Å². The van der Waals surface area contributed by atoms with Crippen LogP contribution in [-0.2, 0) is 24.6 Å². The molecule has 3 aromatic rings. The highest BCUT2D eigenvalue weighted by Crippen LogP contribution is 2.32. The van der Waals surface area contributed by atoms with E-state index in [2.05, 4.69) is 9.88 Å². The van der Waals surface area contributed by atoms with Gasteiger partial charge in [0, 0.05) is 51.1 Å². The number of rotatable bonds is 12. The van der Waals surface area contributed by atoms with Gasteiger partial charge in [-0.1, -0.05) is 31.6 Å². The molecule has 0 aliphatic carbocycles. The van der Waals surface area contributed by atoms with Gasteiger partial charge in [-0.15, -0.1) is 0 Å². The van der Waals surface area contributed by atoms with Gasteiger partial charge >= 0.3 is 0 Å². The van der Waals surface area contributed by atoms with Crippen LogP contribution in [0.15, 0.2) is 52.3 Å². The zero-order valence-corrected chi connectivity index (χ0v) is 25.5. The smallest absolute Gasteiger partial charge is 0.260 e. The largest absolute Gasteiger partial charge is 0.379 e. The number of aromatic nitrogens is 1. The van der Waals surface area contributed by atoms with E-state index < -0.39 is 19.9 Å². The number of fused-ring (bicyclic) bond motifs is 1. The molecule has 0 bridgehead atoms. The molecule has 1 aromatic heterocycles. The minimum atomic E-state index is -3.67. The fraction of sp³-hybridized carbons (Fsp3) is 0.481. The van der Waals surface area contributed by atoms with E-state index in [1.54, 1.807) is 29.2 Å². The zero-order chi connectivity index (χ0) is 28.9. The number of sulfone groups is 1. The number of benzene rings is 2. The van der Waals surface area contributed by atoms with Crippen molar-refractivity contribution in [2.24, 2.45) is 0 Å². The molecule has 2 aromatic carbocycles. The summed E-state index contributed by atoms with van der Waals surface area (Å²) in [5.74, 6) is -0.307. The number of nitrogens with zero attached hydrogens (tertiary/aromatic N) is 4. The maximum absolute atomic E-state index is 13.8. The van der Waals surface area contributed by atoms with Gasteiger partial charge in [0.25, 0.3) is 5.91 Å².